The van der Waals surface area contributed by atoms with Gasteiger partial charge in [-0.25, -0.2) is 9.59 Å². The van der Waals surface area contributed by atoms with Gasteiger partial charge in [0.25, 0.3) is 0 Å². The molecule has 0 saturated carbocycles. The van der Waals surface area contributed by atoms with Crippen molar-refractivity contribution >= 4 is 11.9 Å². The minimum Gasteiger partial charge on any atom is -0.482 e. The second kappa shape index (κ2) is 7.32. The third kappa shape index (κ3) is 4.86. The summed E-state index contributed by atoms with van der Waals surface area (Å²) in [5, 5.41) is 0. The number of esters is 2. The zero-order valence-corrected chi connectivity index (χ0v) is 10.5. The van der Waals surface area contributed by atoms with Gasteiger partial charge in [-0.3, -0.25) is 0 Å². The maximum Gasteiger partial charge on any atom is 0.344 e. The summed E-state index contributed by atoms with van der Waals surface area (Å²) in [6.45, 7) is 3.20. The fourth-order valence-corrected chi connectivity index (χ4v) is 1.24. The molecule has 98 valence electrons. The van der Waals surface area contributed by atoms with Crippen LogP contribution in [0.3, 0.4) is 0 Å². The van der Waals surface area contributed by atoms with Crippen LogP contribution in [0.5, 0.6) is 5.75 Å². The van der Waals surface area contributed by atoms with Crippen molar-refractivity contribution in [2.75, 3.05) is 19.8 Å². The average molecular weight is 252 g/mol. The van der Waals surface area contributed by atoms with Gasteiger partial charge in [-0.15, -0.1) is 0 Å². The molecule has 0 aliphatic rings. The van der Waals surface area contributed by atoms with Crippen LogP contribution in [-0.4, -0.2) is 31.8 Å². The molecule has 5 nitrogen and oxygen atoms in total. The number of carbonyl (C=O) groups is 2. The number of hydrogen-bond acceptors (Lipinski definition) is 5. The highest BCUT2D eigenvalue weighted by molar-refractivity contribution is 5.77. The zero-order valence-electron chi connectivity index (χ0n) is 10.5. The lowest BCUT2D eigenvalue weighted by Gasteiger charge is -2.08. The van der Waals surface area contributed by atoms with E-state index < -0.39 is 11.9 Å². The van der Waals surface area contributed by atoms with Gasteiger partial charge >= 0.3 is 11.9 Å². The van der Waals surface area contributed by atoms with E-state index >= 15 is 0 Å². The van der Waals surface area contributed by atoms with E-state index in [0.29, 0.717) is 5.75 Å². The second-order valence-corrected chi connectivity index (χ2v) is 3.52. The van der Waals surface area contributed by atoms with Gasteiger partial charge in [0, 0.05) is 0 Å². The molecule has 0 fully saturated rings. The van der Waals surface area contributed by atoms with Crippen LogP contribution in [0.2, 0.25) is 0 Å². The third-order valence-electron chi connectivity index (χ3n) is 2.10. The molecule has 0 heterocycles. The van der Waals surface area contributed by atoms with Crippen LogP contribution in [0.15, 0.2) is 24.3 Å². The molecule has 0 amide bonds. The quantitative estimate of drug-likeness (QED) is 0.718. The van der Waals surface area contributed by atoms with Gasteiger partial charge in [0.15, 0.2) is 13.2 Å². The molecule has 0 aliphatic carbocycles. The highest BCUT2D eigenvalue weighted by atomic mass is 16.6. The van der Waals surface area contributed by atoms with E-state index in [4.69, 9.17) is 4.74 Å². The topological polar surface area (TPSA) is 61.8 Å². The van der Waals surface area contributed by atoms with Crippen molar-refractivity contribution in [2.24, 2.45) is 0 Å². The van der Waals surface area contributed by atoms with Crippen molar-refractivity contribution in [3.05, 3.63) is 29.8 Å². The standard InChI is InChI=1S/C13H16O5/c1-3-16-12(14)9-18-13(15)8-17-11-7-5-4-6-10(11)2/h4-7H,3,8-9H2,1-2H3. The Hall–Kier alpha value is -2.04. The predicted octanol–water partition coefficient (Wildman–Crippen LogP) is 1.48. The highest BCUT2D eigenvalue weighted by Crippen LogP contribution is 2.15. The highest BCUT2D eigenvalue weighted by Gasteiger charge is 2.09. The molecule has 1 rings (SSSR count). The van der Waals surface area contributed by atoms with Gasteiger partial charge in [-0.2, -0.15) is 0 Å². The zero-order chi connectivity index (χ0) is 13.4. The largest absolute Gasteiger partial charge is 0.482 e. The number of aryl methyl sites for hydroxylation is 1. The van der Waals surface area contributed by atoms with Crippen LogP contribution in [-0.2, 0) is 19.1 Å². The van der Waals surface area contributed by atoms with Gasteiger partial charge in [-0.05, 0) is 25.5 Å². The molecular weight excluding hydrogens is 236 g/mol. The van der Waals surface area contributed by atoms with Crippen molar-refractivity contribution in [3.63, 3.8) is 0 Å². The molecule has 1 aromatic rings. The van der Waals surface area contributed by atoms with Crippen LogP contribution in [0.25, 0.3) is 0 Å². The summed E-state index contributed by atoms with van der Waals surface area (Å²) in [5.74, 6) is -0.557. The van der Waals surface area contributed by atoms with Gasteiger partial charge in [0.2, 0.25) is 0 Å². The van der Waals surface area contributed by atoms with Crippen LogP contribution < -0.4 is 4.74 Å². The van der Waals surface area contributed by atoms with E-state index in [9.17, 15) is 9.59 Å². The Morgan fingerprint density at radius 2 is 1.72 bits per heavy atom. The lowest BCUT2D eigenvalue weighted by Crippen LogP contribution is -2.20. The molecule has 0 saturated heterocycles. The Balaban J connectivity index is 2.29. The van der Waals surface area contributed by atoms with E-state index in [0.717, 1.165) is 5.56 Å². The van der Waals surface area contributed by atoms with E-state index in [1.807, 2.05) is 25.1 Å². The smallest absolute Gasteiger partial charge is 0.344 e. The number of rotatable bonds is 6. The summed E-state index contributed by atoms with van der Waals surface area (Å²) in [4.78, 5) is 22.2. The van der Waals surface area contributed by atoms with E-state index in [2.05, 4.69) is 9.47 Å². The molecule has 0 atom stereocenters. The van der Waals surface area contributed by atoms with Crippen LogP contribution >= 0.6 is 0 Å². The Morgan fingerprint density at radius 1 is 1.06 bits per heavy atom. The first kappa shape index (κ1) is 14.0. The summed E-state index contributed by atoms with van der Waals surface area (Å²) in [5.41, 5.74) is 0.927. The minimum absolute atomic E-state index is 0.232. The third-order valence-corrected chi connectivity index (χ3v) is 2.10. The number of para-hydroxylation sites is 1. The second-order valence-electron chi connectivity index (χ2n) is 3.52. The Morgan fingerprint density at radius 3 is 2.39 bits per heavy atom. The minimum atomic E-state index is -0.605. The number of hydrogen-bond donors (Lipinski definition) is 0. The van der Waals surface area contributed by atoms with Crippen molar-refractivity contribution in [3.8, 4) is 5.75 Å². The van der Waals surface area contributed by atoms with E-state index in [1.54, 1.807) is 13.0 Å². The Kier molecular flexibility index (Phi) is 5.70. The van der Waals surface area contributed by atoms with Crippen molar-refractivity contribution in [2.45, 2.75) is 13.8 Å². The monoisotopic (exact) mass is 252 g/mol. The first-order chi connectivity index (χ1) is 8.63. The molecule has 0 radical (unpaired) electrons. The number of ether oxygens (including phenoxy) is 3. The van der Waals surface area contributed by atoms with Crippen LogP contribution in [0.4, 0.5) is 0 Å². The molecule has 1 aromatic carbocycles. The summed E-state index contributed by atoms with van der Waals surface area (Å²) >= 11 is 0. The molecule has 0 spiro atoms. The first-order valence-electron chi connectivity index (χ1n) is 5.63. The van der Waals surface area contributed by atoms with E-state index in [-0.39, 0.29) is 19.8 Å². The first-order valence-corrected chi connectivity index (χ1v) is 5.63. The summed E-state index contributed by atoms with van der Waals surface area (Å²) in [6, 6.07) is 7.32. The normalized spacial score (nSPS) is 9.67. The SMILES string of the molecule is CCOC(=O)COC(=O)COc1ccccc1C. The van der Waals surface area contributed by atoms with Gasteiger partial charge in [0.1, 0.15) is 5.75 Å². The Labute approximate surface area is 106 Å². The summed E-state index contributed by atoms with van der Waals surface area (Å²) < 4.78 is 14.6. The molecule has 5 heteroatoms. The van der Waals surface area contributed by atoms with Gasteiger partial charge in [-0.1, -0.05) is 18.2 Å². The Bertz CT molecular complexity index is 414. The fraction of sp³-hybridized carbons (Fsp3) is 0.385. The molecule has 0 unspecified atom stereocenters. The molecule has 0 aromatic heterocycles. The number of benzene rings is 1. The molecule has 0 aliphatic heterocycles. The molecule has 0 N–H and O–H groups in total. The predicted molar refractivity (Wildman–Crippen MR) is 64.3 cm³/mol. The van der Waals surface area contributed by atoms with Crippen LogP contribution in [0, 0.1) is 6.92 Å². The lowest BCUT2D eigenvalue weighted by molar-refractivity contribution is -0.159. The summed E-state index contributed by atoms with van der Waals surface area (Å²) in [6.07, 6.45) is 0. The lowest BCUT2D eigenvalue weighted by atomic mass is 10.2. The number of carbonyl (C=O) groups excluding carboxylic acids is 2. The van der Waals surface area contributed by atoms with Crippen molar-refractivity contribution < 1.29 is 23.8 Å². The van der Waals surface area contributed by atoms with Gasteiger partial charge < -0.3 is 14.2 Å². The van der Waals surface area contributed by atoms with Crippen molar-refractivity contribution in [1.82, 2.24) is 0 Å². The summed E-state index contributed by atoms with van der Waals surface area (Å²) in [7, 11) is 0. The maximum absolute atomic E-state index is 11.3. The fourth-order valence-electron chi connectivity index (χ4n) is 1.24. The molecule has 18 heavy (non-hydrogen) atoms. The average Bonchev–Trinajstić information content (AvgIpc) is 2.36. The molecule has 0 bridgehead atoms. The van der Waals surface area contributed by atoms with E-state index in [1.165, 1.54) is 0 Å². The van der Waals surface area contributed by atoms with Gasteiger partial charge in [0.05, 0.1) is 6.61 Å². The molecular formula is C13H16O5. The van der Waals surface area contributed by atoms with Crippen molar-refractivity contribution in [1.29, 1.82) is 0 Å². The van der Waals surface area contributed by atoms with Crippen LogP contribution in [0.1, 0.15) is 12.5 Å². The maximum atomic E-state index is 11.3.